The van der Waals surface area contributed by atoms with Crippen LogP contribution >= 0.6 is 0 Å². The van der Waals surface area contributed by atoms with Gasteiger partial charge in [-0.3, -0.25) is 4.79 Å². The lowest BCUT2D eigenvalue weighted by molar-refractivity contribution is -0.168. The molecule has 0 spiro atoms. The summed E-state index contributed by atoms with van der Waals surface area (Å²) in [6, 6.07) is 3.63. The van der Waals surface area contributed by atoms with E-state index in [0.717, 1.165) is 13.1 Å². The second-order valence-electron chi connectivity index (χ2n) is 5.24. The van der Waals surface area contributed by atoms with Crippen molar-refractivity contribution >= 4 is 16.0 Å². The van der Waals surface area contributed by atoms with E-state index in [4.69, 9.17) is 5.11 Å². The SMILES string of the molecule is CC(C(=O)O)N(C)S(=O)(=O)c1cccc(COCC(F)(F)C(F)F)c1. The molecule has 1 aromatic carbocycles. The lowest BCUT2D eigenvalue weighted by atomic mass is 10.2. The van der Waals surface area contributed by atoms with Crippen LogP contribution in [-0.2, 0) is 26.2 Å². The molecule has 0 aliphatic rings. The van der Waals surface area contributed by atoms with Crippen molar-refractivity contribution in [3.05, 3.63) is 29.8 Å². The maximum absolute atomic E-state index is 12.8. The van der Waals surface area contributed by atoms with Gasteiger partial charge in [0.05, 0.1) is 11.5 Å². The molecule has 0 saturated carbocycles. The topological polar surface area (TPSA) is 83.9 Å². The molecule has 6 nitrogen and oxygen atoms in total. The minimum absolute atomic E-state index is 0.155. The lowest BCUT2D eigenvalue weighted by Gasteiger charge is -2.21. The number of benzene rings is 1. The fourth-order valence-corrected chi connectivity index (χ4v) is 3.08. The lowest BCUT2D eigenvalue weighted by Crippen LogP contribution is -2.40. The first kappa shape index (κ1) is 21.3. The first-order valence-electron chi connectivity index (χ1n) is 6.93. The van der Waals surface area contributed by atoms with Gasteiger partial charge in [-0.2, -0.15) is 13.1 Å². The summed E-state index contributed by atoms with van der Waals surface area (Å²) in [5.41, 5.74) is 0.155. The molecule has 142 valence electrons. The summed E-state index contributed by atoms with van der Waals surface area (Å²) in [6.07, 6.45) is -3.87. The summed E-state index contributed by atoms with van der Waals surface area (Å²) in [5.74, 6) is -5.65. The van der Waals surface area contributed by atoms with Crippen LogP contribution in [-0.4, -0.2) is 55.8 Å². The Hall–Kier alpha value is -1.72. The zero-order valence-corrected chi connectivity index (χ0v) is 14.1. The molecule has 1 rings (SSSR count). The van der Waals surface area contributed by atoms with Crippen molar-refractivity contribution in [2.24, 2.45) is 0 Å². The maximum atomic E-state index is 12.8. The largest absolute Gasteiger partial charge is 0.480 e. The summed E-state index contributed by atoms with van der Waals surface area (Å²) in [4.78, 5) is 10.6. The van der Waals surface area contributed by atoms with E-state index in [2.05, 4.69) is 4.74 Å². The van der Waals surface area contributed by atoms with E-state index in [1.54, 1.807) is 0 Å². The van der Waals surface area contributed by atoms with Gasteiger partial charge in [0.1, 0.15) is 12.6 Å². The Morgan fingerprint density at radius 1 is 1.36 bits per heavy atom. The summed E-state index contributed by atoms with van der Waals surface area (Å²) in [5, 5.41) is 8.90. The third-order valence-corrected chi connectivity index (χ3v) is 5.28. The molecule has 0 aliphatic carbocycles. The molecule has 0 aromatic heterocycles. The molecule has 1 N–H and O–H groups in total. The molecule has 0 fully saturated rings. The number of rotatable bonds is 9. The molecule has 0 saturated heterocycles. The van der Waals surface area contributed by atoms with Crippen LogP contribution in [0.4, 0.5) is 17.6 Å². The summed E-state index contributed by atoms with van der Waals surface area (Å²) < 4.78 is 79.4. The van der Waals surface area contributed by atoms with Gasteiger partial charge in [-0.15, -0.1) is 0 Å². The minimum Gasteiger partial charge on any atom is -0.480 e. The Morgan fingerprint density at radius 3 is 2.48 bits per heavy atom. The van der Waals surface area contributed by atoms with Crippen molar-refractivity contribution in [1.29, 1.82) is 0 Å². The number of carboxylic acid groups (broad SMARTS) is 1. The van der Waals surface area contributed by atoms with Gasteiger partial charge in [0.25, 0.3) is 0 Å². The van der Waals surface area contributed by atoms with Crippen LogP contribution in [0.1, 0.15) is 12.5 Å². The summed E-state index contributed by atoms with van der Waals surface area (Å²) in [6.45, 7) is -0.846. The fraction of sp³-hybridized carbons (Fsp3) is 0.500. The summed E-state index contributed by atoms with van der Waals surface area (Å²) >= 11 is 0. The average molecular weight is 387 g/mol. The van der Waals surface area contributed by atoms with Gasteiger partial charge in [-0.1, -0.05) is 12.1 Å². The van der Waals surface area contributed by atoms with Gasteiger partial charge in [-0.25, -0.2) is 17.2 Å². The smallest absolute Gasteiger partial charge is 0.330 e. The first-order valence-corrected chi connectivity index (χ1v) is 8.37. The Labute approximate surface area is 142 Å². The van der Waals surface area contributed by atoms with E-state index in [1.807, 2.05) is 0 Å². The molecule has 25 heavy (non-hydrogen) atoms. The van der Waals surface area contributed by atoms with Crippen LogP contribution in [0.5, 0.6) is 0 Å². The number of ether oxygens (including phenoxy) is 1. The van der Waals surface area contributed by atoms with Gasteiger partial charge in [0, 0.05) is 7.05 Å². The number of alkyl halides is 4. The third kappa shape index (κ3) is 5.38. The van der Waals surface area contributed by atoms with Crippen LogP contribution in [0.15, 0.2) is 29.2 Å². The van der Waals surface area contributed by atoms with Crippen molar-refractivity contribution in [2.75, 3.05) is 13.7 Å². The second-order valence-corrected chi connectivity index (χ2v) is 7.23. The highest BCUT2D eigenvalue weighted by Gasteiger charge is 2.41. The van der Waals surface area contributed by atoms with Gasteiger partial charge >= 0.3 is 18.3 Å². The van der Waals surface area contributed by atoms with Crippen molar-refractivity contribution in [2.45, 2.75) is 36.8 Å². The van der Waals surface area contributed by atoms with E-state index in [-0.39, 0.29) is 10.5 Å². The van der Waals surface area contributed by atoms with E-state index in [9.17, 15) is 30.8 Å². The highest BCUT2D eigenvalue weighted by molar-refractivity contribution is 7.89. The standard InChI is InChI=1S/C14H17F4NO5S/c1-9(12(20)21)19(2)25(22,23)11-5-3-4-10(6-11)7-24-8-14(17,18)13(15)16/h3-6,9,13H,7-8H2,1-2H3,(H,20,21). The number of carbonyl (C=O) groups is 1. The molecule has 1 aromatic rings. The Morgan fingerprint density at radius 2 is 1.96 bits per heavy atom. The van der Waals surface area contributed by atoms with Crippen molar-refractivity contribution in [3.63, 3.8) is 0 Å². The van der Waals surface area contributed by atoms with E-state index < -0.39 is 47.6 Å². The monoisotopic (exact) mass is 387 g/mol. The molecular formula is C14H17F4NO5S. The molecule has 0 radical (unpaired) electrons. The van der Waals surface area contributed by atoms with Crippen LogP contribution in [0.3, 0.4) is 0 Å². The molecule has 0 heterocycles. The zero-order chi connectivity index (χ0) is 19.4. The number of sulfonamides is 1. The number of aliphatic carboxylic acids is 1. The van der Waals surface area contributed by atoms with Crippen LogP contribution in [0.2, 0.25) is 0 Å². The van der Waals surface area contributed by atoms with Crippen LogP contribution in [0.25, 0.3) is 0 Å². The number of hydrogen-bond acceptors (Lipinski definition) is 4. The van der Waals surface area contributed by atoms with Gasteiger partial charge in [0.2, 0.25) is 10.0 Å². The number of hydrogen-bond donors (Lipinski definition) is 1. The van der Waals surface area contributed by atoms with E-state index in [1.165, 1.54) is 25.1 Å². The van der Waals surface area contributed by atoms with Crippen molar-refractivity contribution in [3.8, 4) is 0 Å². The highest BCUT2D eigenvalue weighted by Crippen LogP contribution is 2.24. The van der Waals surface area contributed by atoms with E-state index in [0.29, 0.717) is 4.31 Å². The normalized spacial score (nSPS) is 14.1. The fourth-order valence-electron chi connectivity index (χ4n) is 1.69. The Kier molecular flexibility index (Phi) is 6.91. The number of likely N-dealkylation sites (N-methyl/N-ethyl adjacent to an activating group) is 1. The number of nitrogens with zero attached hydrogens (tertiary/aromatic N) is 1. The predicted molar refractivity (Wildman–Crippen MR) is 79.1 cm³/mol. The van der Waals surface area contributed by atoms with Crippen LogP contribution in [0, 0.1) is 0 Å². The molecule has 0 aliphatic heterocycles. The molecular weight excluding hydrogens is 370 g/mol. The number of halogens is 4. The zero-order valence-electron chi connectivity index (χ0n) is 13.3. The second kappa shape index (κ2) is 8.11. The summed E-state index contributed by atoms with van der Waals surface area (Å²) in [7, 11) is -3.06. The number of carboxylic acids is 1. The molecule has 0 bridgehead atoms. The highest BCUT2D eigenvalue weighted by atomic mass is 32.2. The van der Waals surface area contributed by atoms with E-state index >= 15 is 0 Å². The third-order valence-electron chi connectivity index (χ3n) is 3.36. The molecule has 0 amide bonds. The minimum atomic E-state index is -4.30. The maximum Gasteiger partial charge on any atom is 0.330 e. The van der Waals surface area contributed by atoms with Crippen molar-refractivity contribution < 1.29 is 40.6 Å². The van der Waals surface area contributed by atoms with Gasteiger partial charge in [-0.05, 0) is 24.6 Å². The Bertz CT molecular complexity index is 711. The molecule has 1 unspecified atom stereocenters. The quantitative estimate of drug-likeness (QED) is 0.657. The molecule has 11 heteroatoms. The van der Waals surface area contributed by atoms with Gasteiger partial charge in [0.15, 0.2) is 0 Å². The predicted octanol–water partition coefficient (Wildman–Crippen LogP) is 2.20. The van der Waals surface area contributed by atoms with Gasteiger partial charge < -0.3 is 9.84 Å². The molecule has 1 atom stereocenters. The van der Waals surface area contributed by atoms with Crippen molar-refractivity contribution in [1.82, 2.24) is 4.31 Å². The Balaban J connectivity index is 2.89. The van der Waals surface area contributed by atoms with Crippen LogP contribution < -0.4 is 0 Å². The first-order chi connectivity index (χ1) is 11.4. The average Bonchev–Trinajstić information content (AvgIpc) is 2.53.